The van der Waals surface area contributed by atoms with Crippen LogP contribution in [0.5, 0.6) is 17.2 Å². The highest BCUT2D eigenvalue weighted by molar-refractivity contribution is 6.18. The van der Waals surface area contributed by atoms with Gasteiger partial charge >= 0.3 is 0 Å². The Morgan fingerprint density at radius 3 is 2.50 bits per heavy atom. The normalized spacial score (nSPS) is 26.5. The highest BCUT2D eigenvalue weighted by Crippen LogP contribution is 2.54. The summed E-state index contributed by atoms with van der Waals surface area (Å²) in [5.74, 6) is -0.316. The zero-order valence-electron chi connectivity index (χ0n) is 16.4. The smallest absolute Gasteiger partial charge is 0.193 e. The molecule has 3 unspecified atom stereocenters. The summed E-state index contributed by atoms with van der Waals surface area (Å²) < 4.78 is 11.1. The number of methoxy groups -OCH3 is 2. The van der Waals surface area contributed by atoms with E-state index in [0.717, 1.165) is 5.56 Å². The summed E-state index contributed by atoms with van der Waals surface area (Å²) in [4.78, 5) is 13.3. The number of ether oxygens (including phenoxy) is 2. The van der Waals surface area contributed by atoms with Crippen LogP contribution in [0.2, 0.25) is 0 Å². The maximum absolute atomic E-state index is 13.3. The van der Waals surface area contributed by atoms with E-state index in [1.165, 1.54) is 14.2 Å². The van der Waals surface area contributed by atoms with Gasteiger partial charge in [0.05, 0.1) is 36.9 Å². The average molecular weight is 384 g/mol. The minimum absolute atomic E-state index is 0.0461. The highest BCUT2D eigenvalue weighted by Gasteiger charge is 2.46. The third kappa shape index (κ3) is 2.45. The van der Waals surface area contributed by atoms with Gasteiger partial charge in [-0.3, -0.25) is 4.79 Å². The summed E-state index contributed by atoms with van der Waals surface area (Å²) in [7, 11) is 2.98. The van der Waals surface area contributed by atoms with Crippen LogP contribution in [0.1, 0.15) is 47.4 Å². The number of fused-ring (bicyclic) bond motifs is 3. The fourth-order valence-electron chi connectivity index (χ4n) is 4.65. The van der Waals surface area contributed by atoms with Crippen molar-refractivity contribution in [3.8, 4) is 17.2 Å². The number of Topliss-reactive ketones (excluding diaryl/α,β-unsaturated/α-hetero) is 1. The molecule has 4 rings (SSSR count). The average Bonchev–Trinajstić information content (AvgIpc) is 2.65. The molecule has 2 aliphatic carbocycles. The van der Waals surface area contributed by atoms with Crippen LogP contribution in [0.4, 0.5) is 0 Å². The van der Waals surface area contributed by atoms with Crippen molar-refractivity contribution in [1.29, 1.82) is 0 Å². The first kappa shape index (κ1) is 18.8. The lowest BCUT2D eigenvalue weighted by Crippen LogP contribution is -2.39. The van der Waals surface area contributed by atoms with Crippen LogP contribution < -0.4 is 9.47 Å². The SMILES string of the molecule is COc1c2c(c(O)c3c(OC)c(C)ccc13)C(=O)C1=CCC(C)(O)CC1C2O. The number of phenolic OH excluding ortho intramolecular Hbond substituents is 1. The molecule has 0 aliphatic heterocycles. The van der Waals surface area contributed by atoms with Gasteiger partial charge in [-0.25, -0.2) is 0 Å². The van der Waals surface area contributed by atoms with Gasteiger partial charge in [-0.15, -0.1) is 0 Å². The molecule has 0 aromatic heterocycles. The number of aliphatic hydroxyl groups is 2. The summed E-state index contributed by atoms with van der Waals surface area (Å²) in [5, 5.41) is 33.6. The fraction of sp³-hybridized carbons (Fsp3) is 0.409. The Balaban J connectivity index is 2.10. The number of rotatable bonds is 2. The quantitative estimate of drug-likeness (QED) is 0.736. The molecule has 3 atom stereocenters. The van der Waals surface area contributed by atoms with Gasteiger partial charge in [0.1, 0.15) is 17.2 Å². The predicted molar refractivity (Wildman–Crippen MR) is 104 cm³/mol. The van der Waals surface area contributed by atoms with Crippen LogP contribution in [0.25, 0.3) is 10.8 Å². The molecule has 0 saturated heterocycles. The van der Waals surface area contributed by atoms with Crippen LogP contribution in [0.3, 0.4) is 0 Å². The van der Waals surface area contributed by atoms with E-state index in [9.17, 15) is 20.1 Å². The molecule has 0 radical (unpaired) electrons. The highest BCUT2D eigenvalue weighted by atomic mass is 16.5. The second kappa shape index (κ2) is 6.22. The van der Waals surface area contributed by atoms with Crippen LogP contribution in [0.15, 0.2) is 23.8 Å². The number of carbonyl (C=O) groups excluding carboxylic acids is 1. The Morgan fingerprint density at radius 2 is 1.86 bits per heavy atom. The number of hydrogen-bond acceptors (Lipinski definition) is 6. The largest absolute Gasteiger partial charge is 0.506 e. The maximum Gasteiger partial charge on any atom is 0.193 e. The summed E-state index contributed by atoms with van der Waals surface area (Å²) in [5.41, 5.74) is 0.546. The summed E-state index contributed by atoms with van der Waals surface area (Å²) >= 11 is 0. The zero-order valence-corrected chi connectivity index (χ0v) is 16.4. The van der Waals surface area contributed by atoms with Gasteiger partial charge in [-0.2, -0.15) is 0 Å². The first-order chi connectivity index (χ1) is 13.2. The second-order valence-electron chi connectivity index (χ2n) is 7.95. The van der Waals surface area contributed by atoms with Crippen molar-refractivity contribution >= 4 is 16.6 Å². The van der Waals surface area contributed by atoms with Gasteiger partial charge < -0.3 is 24.8 Å². The molecule has 6 nitrogen and oxygen atoms in total. The molecule has 0 spiro atoms. The summed E-state index contributed by atoms with van der Waals surface area (Å²) in [6, 6.07) is 3.62. The van der Waals surface area contributed by atoms with E-state index < -0.39 is 17.6 Å². The lowest BCUT2D eigenvalue weighted by Gasteiger charge is -2.40. The lowest BCUT2D eigenvalue weighted by molar-refractivity contribution is 0.00117. The van der Waals surface area contributed by atoms with E-state index in [1.807, 2.05) is 13.0 Å². The van der Waals surface area contributed by atoms with Crippen molar-refractivity contribution in [3.63, 3.8) is 0 Å². The lowest BCUT2D eigenvalue weighted by atomic mass is 9.67. The van der Waals surface area contributed by atoms with Crippen molar-refractivity contribution < 1.29 is 29.6 Å². The molecule has 2 aromatic rings. The number of benzene rings is 2. The van der Waals surface area contributed by atoms with Crippen LogP contribution >= 0.6 is 0 Å². The van der Waals surface area contributed by atoms with Gasteiger partial charge in [-0.05, 0) is 38.3 Å². The van der Waals surface area contributed by atoms with Gasteiger partial charge in [0.15, 0.2) is 5.78 Å². The third-order valence-corrected chi connectivity index (χ3v) is 5.98. The van der Waals surface area contributed by atoms with Crippen molar-refractivity contribution in [2.45, 2.75) is 38.4 Å². The molecule has 2 aromatic carbocycles. The summed E-state index contributed by atoms with van der Waals surface area (Å²) in [6.45, 7) is 3.54. The third-order valence-electron chi connectivity index (χ3n) is 5.98. The van der Waals surface area contributed by atoms with Crippen LogP contribution in [0, 0.1) is 12.8 Å². The monoisotopic (exact) mass is 384 g/mol. The molecule has 0 saturated carbocycles. The Kier molecular flexibility index (Phi) is 4.17. The molecular formula is C22H24O6. The molecule has 3 N–H and O–H groups in total. The molecule has 0 amide bonds. The van der Waals surface area contributed by atoms with E-state index in [4.69, 9.17) is 9.47 Å². The van der Waals surface area contributed by atoms with Crippen molar-refractivity contribution in [3.05, 3.63) is 40.5 Å². The number of phenols is 1. The van der Waals surface area contributed by atoms with Gasteiger partial charge in [0, 0.05) is 22.4 Å². The number of aryl methyl sites for hydroxylation is 1. The minimum Gasteiger partial charge on any atom is -0.506 e. The van der Waals surface area contributed by atoms with Gasteiger partial charge in [-0.1, -0.05) is 12.1 Å². The first-order valence-corrected chi connectivity index (χ1v) is 9.27. The van der Waals surface area contributed by atoms with E-state index in [-0.39, 0.29) is 29.1 Å². The van der Waals surface area contributed by atoms with Crippen molar-refractivity contribution in [2.75, 3.05) is 14.2 Å². The van der Waals surface area contributed by atoms with E-state index in [0.29, 0.717) is 34.3 Å². The van der Waals surface area contributed by atoms with Gasteiger partial charge in [0.25, 0.3) is 0 Å². The number of aliphatic hydroxyl groups excluding tert-OH is 1. The maximum atomic E-state index is 13.3. The van der Waals surface area contributed by atoms with Crippen LogP contribution in [-0.4, -0.2) is 40.9 Å². The Morgan fingerprint density at radius 1 is 1.18 bits per heavy atom. The predicted octanol–water partition coefficient (Wildman–Crippen LogP) is 3.19. The number of hydrogen-bond donors (Lipinski definition) is 3. The molecule has 0 heterocycles. The first-order valence-electron chi connectivity index (χ1n) is 9.27. The zero-order chi connectivity index (χ0) is 20.4. The second-order valence-corrected chi connectivity index (χ2v) is 7.95. The number of aromatic hydroxyl groups is 1. The minimum atomic E-state index is -1.08. The summed E-state index contributed by atoms with van der Waals surface area (Å²) in [6.07, 6.45) is 1.17. The molecule has 28 heavy (non-hydrogen) atoms. The molecule has 6 heteroatoms. The molecule has 2 aliphatic rings. The van der Waals surface area contributed by atoms with Crippen LogP contribution in [-0.2, 0) is 0 Å². The topological polar surface area (TPSA) is 96.2 Å². The molecule has 0 bridgehead atoms. The Hall–Kier alpha value is -2.57. The van der Waals surface area contributed by atoms with E-state index in [2.05, 4.69) is 0 Å². The number of carbonyl (C=O) groups is 1. The van der Waals surface area contributed by atoms with E-state index >= 15 is 0 Å². The molecular weight excluding hydrogens is 360 g/mol. The Labute approximate surface area is 163 Å². The number of ketones is 1. The Bertz CT molecular complexity index is 1030. The standard InChI is InChI=1S/C22H24O6/c1-10-5-6-12-14(20(10)27-3)19(25)15-16(21(12)28-4)18(24)13-9-22(2,26)8-7-11(13)17(15)23/h5-7,13,18,24-26H,8-9H2,1-4H3. The molecule has 148 valence electrons. The van der Waals surface area contributed by atoms with E-state index in [1.54, 1.807) is 19.1 Å². The van der Waals surface area contributed by atoms with Crippen molar-refractivity contribution in [1.82, 2.24) is 0 Å². The van der Waals surface area contributed by atoms with Gasteiger partial charge in [0.2, 0.25) is 0 Å². The fourth-order valence-corrected chi connectivity index (χ4v) is 4.65. The van der Waals surface area contributed by atoms with Crippen molar-refractivity contribution in [2.24, 2.45) is 5.92 Å². The molecule has 0 fully saturated rings.